The third kappa shape index (κ3) is 2.80. The number of nitriles is 1. The zero-order chi connectivity index (χ0) is 9.84. The molecule has 0 bridgehead atoms. The molecule has 1 nitrogen and oxygen atoms in total. The first-order valence-corrected chi connectivity index (χ1v) is 5.12. The predicted octanol–water partition coefficient (Wildman–Crippen LogP) is 3.50. The van der Waals surface area contributed by atoms with Gasteiger partial charge < -0.3 is 0 Å². The Morgan fingerprint density at radius 3 is 2.15 bits per heavy atom. The van der Waals surface area contributed by atoms with Crippen molar-refractivity contribution in [2.45, 2.75) is 0 Å². The zero-order valence-corrected chi connectivity index (χ0v) is 9.90. The maximum atomic E-state index is 8.80. The fourth-order valence-corrected chi connectivity index (χ4v) is 1.48. The van der Waals surface area contributed by atoms with Crippen LogP contribution in [0.4, 0.5) is 0 Å². The first-order valence-electron chi connectivity index (χ1n) is 3.43. The van der Waals surface area contributed by atoms with Crippen molar-refractivity contribution in [1.29, 1.82) is 5.26 Å². The van der Waals surface area contributed by atoms with Gasteiger partial charge in [-0.15, -0.1) is 25.3 Å². The minimum absolute atomic E-state index is 0.435. The van der Waals surface area contributed by atoms with E-state index >= 15 is 0 Å². The molecule has 0 amide bonds. The number of nitrogens with zero attached hydrogens (tertiary/aromatic N) is 1. The second-order valence-corrected chi connectivity index (χ2v) is 4.48. The Bertz CT molecular complexity index is 372. The van der Waals surface area contributed by atoms with E-state index < -0.39 is 0 Å². The lowest BCUT2D eigenvalue weighted by Crippen LogP contribution is -1.81. The fourth-order valence-electron chi connectivity index (χ4n) is 0.860. The second kappa shape index (κ2) is 4.75. The highest BCUT2D eigenvalue weighted by Crippen LogP contribution is 2.24. The molecule has 4 heteroatoms. The van der Waals surface area contributed by atoms with Crippen LogP contribution in [0.2, 0.25) is 0 Å². The van der Waals surface area contributed by atoms with Gasteiger partial charge in [0.05, 0.1) is 9.81 Å². The Hall–Kier alpha value is -0.370. The van der Waals surface area contributed by atoms with E-state index in [1.54, 1.807) is 0 Å². The summed E-state index contributed by atoms with van der Waals surface area (Å²) in [6, 6.07) is 9.48. The Balaban J connectivity index is 3.17. The summed E-state index contributed by atoms with van der Waals surface area (Å²) in [6.07, 6.45) is 0. The molecule has 0 heterocycles. The van der Waals surface area contributed by atoms with E-state index in [1.165, 1.54) is 0 Å². The smallest absolute Gasteiger partial charge is 0.101 e. The SMILES string of the molecule is N#CC(=C(S)S)c1ccc(Br)cc1. The second-order valence-electron chi connectivity index (χ2n) is 2.32. The number of thiol groups is 2. The molecule has 1 aromatic rings. The van der Waals surface area contributed by atoms with Gasteiger partial charge in [-0.3, -0.25) is 0 Å². The van der Waals surface area contributed by atoms with Crippen molar-refractivity contribution in [3.05, 3.63) is 38.5 Å². The van der Waals surface area contributed by atoms with E-state index in [4.69, 9.17) is 5.26 Å². The highest BCUT2D eigenvalue weighted by molar-refractivity contribution is 9.10. The van der Waals surface area contributed by atoms with Gasteiger partial charge in [-0.1, -0.05) is 28.1 Å². The molecule has 0 N–H and O–H groups in total. The van der Waals surface area contributed by atoms with E-state index in [-0.39, 0.29) is 0 Å². The van der Waals surface area contributed by atoms with E-state index in [0.29, 0.717) is 9.81 Å². The molecule has 0 aliphatic carbocycles. The van der Waals surface area contributed by atoms with Gasteiger partial charge in [0.25, 0.3) is 0 Å². The summed E-state index contributed by atoms with van der Waals surface area (Å²) in [5.74, 6) is 0. The summed E-state index contributed by atoms with van der Waals surface area (Å²) >= 11 is 11.4. The summed E-state index contributed by atoms with van der Waals surface area (Å²) in [7, 11) is 0. The Morgan fingerprint density at radius 1 is 1.23 bits per heavy atom. The van der Waals surface area contributed by atoms with Crippen LogP contribution in [-0.4, -0.2) is 0 Å². The van der Waals surface area contributed by atoms with Crippen LogP contribution in [0.3, 0.4) is 0 Å². The van der Waals surface area contributed by atoms with Crippen molar-refractivity contribution in [1.82, 2.24) is 0 Å². The van der Waals surface area contributed by atoms with Gasteiger partial charge in [0, 0.05) is 4.47 Å². The highest BCUT2D eigenvalue weighted by atomic mass is 79.9. The molecule has 0 aromatic heterocycles. The molecule has 1 aromatic carbocycles. The number of hydrogen-bond donors (Lipinski definition) is 2. The fraction of sp³-hybridized carbons (Fsp3) is 0. The van der Waals surface area contributed by atoms with Crippen molar-refractivity contribution in [2.75, 3.05) is 0 Å². The summed E-state index contributed by atoms with van der Waals surface area (Å²) in [5, 5.41) is 8.80. The van der Waals surface area contributed by atoms with E-state index in [9.17, 15) is 0 Å². The van der Waals surface area contributed by atoms with Crippen LogP contribution in [0.25, 0.3) is 5.57 Å². The van der Waals surface area contributed by atoms with Crippen molar-refractivity contribution in [2.24, 2.45) is 0 Å². The Labute approximate surface area is 96.4 Å². The highest BCUT2D eigenvalue weighted by Gasteiger charge is 2.02. The van der Waals surface area contributed by atoms with E-state index in [0.717, 1.165) is 10.0 Å². The monoisotopic (exact) mass is 271 g/mol. The van der Waals surface area contributed by atoms with Gasteiger partial charge >= 0.3 is 0 Å². The van der Waals surface area contributed by atoms with Gasteiger partial charge in [-0.25, -0.2) is 0 Å². The van der Waals surface area contributed by atoms with Crippen molar-refractivity contribution >= 4 is 46.8 Å². The number of benzene rings is 1. The third-order valence-electron chi connectivity index (χ3n) is 1.47. The molecule has 0 saturated carbocycles. The number of allylic oxidation sites excluding steroid dienone is 1. The number of hydrogen-bond acceptors (Lipinski definition) is 3. The topological polar surface area (TPSA) is 23.8 Å². The van der Waals surface area contributed by atoms with Gasteiger partial charge in [0.2, 0.25) is 0 Å². The first-order chi connectivity index (χ1) is 6.15. The standard InChI is InChI=1S/C9H6BrNS2/c10-7-3-1-6(2-4-7)8(5-11)9(12)13/h1-4,12-13H. The van der Waals surface area contributed by atoms with Crippen LogP contribution >= 0.6 is 41.2 Å². The molecule has 66 valence electrons. The number of halogens is 1. The molecule has 0 aliphatic heterocycles. The molecule has 1 rings (SSSR count). The van der Waals surface area contributed by atoms with Gasteiger partial charge in [-0.05, 0) is 17.7 Å². The van der Waals surface area contributed by atoms with Gasteiger partial charge in [-0.2, -0.15) is 5.26 Å². The molecular weight excluding hydrogens is 266 g/mol. The molecule has 13 heavy (non-hydrogen) atoms. The lowest BCUT2D eigenvalue weighted by atomic mass is 10.1. The summed E-state index contributed by atoms with van der Waals surface area (Å²) in [6.45, 7) is 0. The van der Waals surface area contributed by atoms with E-state index in [1.807, 2.05) is 30.3 Å². The minimum Gasteiger partial charge on any atom is -0.192 e. The quantitative estimate of drug-likeness (QED) is 0.593. The summed E-state index contributed by atoms with van der Waals surface area (Å²) in [5.41, 5.74) is 1.31. The first kappa shape index (κ1) is 10.7. The average Bonchev–Trinajstić information content (AvgIpc) is 2.09. The van der Waals surface area contributed by atoms with Crippen LogP contribution in [-0.2, 0) is 0 Å². The zero-order valence-electron chi connectivity index (χ0n) is 6.53. The van der Waals surface area contributed by atoms with Crippen molar-refractivity contribution in [3.8, 4) is 6.07 Å². The molecule has 0 aliphatic rings. The Kier molecular flexibility index (Phi) is 3.91. The van der Waals surface area contributed by atoms with Gasteiger partial charge in [0.1, 0.15) is 6.07 Å². The van der Waals surface area contributed by atoms with Crippen LogP contribution < -0.4 is 0 Å². The molecule has 0 unspecified atom stereocenters. The van der Waals surface area contributed by atoms with Crippen LogP contribution in [0.15, 0.2) is 33.0 Å². The van der Waals surface area contributed by atoms with Crippen molar-refractivity contribution < 1.29 is 0 Å². The lowest BCUT2D eigenvalue weighted by molar-refractivity contribution is 1.52. The lowest BCUT2D eigenvalue weighted by Gasteiger charge is -1.99. The predicted molar refractivity (Wildman–Crippen MR) is 64.6 cm³/mol. The molecular formula is C9H6BrNS2. The van der Waals surface area contributed by atoms with Crippen LogP contribution in [0.5, 0.6) is 0 Å². The largest absolute Gasteiger partial charge is 0.192 e. The van der Waals surface area contributed by atoms with Crippen LogP contribution in [0.1, 0.15) is 5.56 Å². The minimum atomic E-state index is 0.435. The van der Waals surface area contributed by atoms with Crippen LogP contribution in [0, 0.1) is 11.3 Å². The normalized spacial score (nSPS) is 9.08. The maximum absolute atomic E-state index is 8.80. The summed E-state index contributed by atoms with van der Waals surface area (Å²) in [4.78, 5) is 0. The summed E-state index contributed by atoms with van der Waals surface area (Å²) < 4.78 is 1.42. The average molecular weight is 272 g/mol. The molecule has 0 fully saturated rings. The molecule has 0 radical (unpaired) electrons. The molecule has 0 atom stereocenters. The van der Waals surface area contributed by atoms with Crippen molar-refractivity contribution in [3.63, 3.8) is 0 Å². The van der Waals surface area contributed by atoms with Gasteiger partial charge in [0.15, 0.2) is 0 Å². The Morgan fingerprint density at radius 2 is 1.77 bits per heavy atom. The maximum Gasteiger partial charge on any atom is 0.101 e. The van der Waals surface area contributed by atoms with E-state index in [2.05, 4.69) is 41.2 Å². The molecule has 0 spiro atoms. The molecule has 0 saturated heterocycles. The third-order valence-corrected chi connectivity index (χ3v) is 2.44. The number of rotatable bonds is 1.